The molecule has 1 aromatic rings. The number of halogens is 1. The molecule has 0 bridgehead atoms. The summed E-state index contributed by atoms with van der Waals surface area (Å²) in [6, 6.07) is 8.26. The van der Waals surface area contributed by atoms with E-state index in [4.69, 9.17) is 0 Å². The van der Waals surface area contributed by atoms with Crippen molar-refractivity contribution in [1.29, 1.82) is 0 Å². The minimum absolute atomic E-state index is 0. The molecule has 4 heteroatoms. The molecular weight excluding hydrogens is 210 g/mol. The van der Waals surface area contributed by atoms with Crippen LogP contribution in [-0.4, -0.2) is 12.4 Å². The third kappa shape index (κ3) is 3.44. The van der Waals surface area contributed by atoms with E-state index in [0.29, 0.717) is 0 Å². The van der Waals surface area contributed by atoms with Gasteiger partial charge in [0.05, 0.1) is 5.69 Å². The molecule has 3 nitrogen and oxygen atoms in total. The maximum absolute atomic E-state index is 4.32. The van der Waals surface area contributed by atoms with Crippen LogP contribution in [0, 0.1) is 6.92 Å². The SMILES string of the molecule is Cc1cccc(NNC2=NCCC2)c1.Cl. The third-order valence-electron chi connectivity index (χ3n) is 2.24. The van der Waals surface area contributed by atoms with Gasteiger partial charge in [0.2, 0.25) is 0 Å². The molecule has 0 amide bonds. The quantitative estimate of drug-likeness (QED) is 0.759. The molecule has 0 saturated carbocycles. The second kappa shape index (κ2) is 5.61. The van der Waals surface area contributed by atoms with E-state index in [1.54, 1.807) is 0 Å². The van der Waals surface area contributed by atoms with Crippen LogP contribution in [0.4, 0.5) is 5.69 Å². The van der Waals surface area contributed by atoms with Crippen LogP contribution in [0.5, 0.6) is 0 Å². The highest BCUT2D eigenvalue weighted by Gasteiger charge is 2.04. The molecule has 0 saturated heterocycles. The van der Waals surface area contributed by atoms with Crippen molar-refractivity contribution in [2.24, 2.45) is 4.99 Å². The molecule has 0 aliphatic carbocycles. The fourth-order valence-electron chi connectivity index (χ4n) is 1.51. The van der Waals surface area contributed by atoms with Crippen LogP contribution in [0.25, 0.3) is 0 Å². The molecule has 82 valence electrons. The molecule has 1 aliphatic heterocycles. The van der Waals surface area contributed by atoms with Crippen LogP contribution in [0.2, 0.25) is 0 Å². The number of hydrogen-bond donors (Lipinski definition) is 2. The Morgan fingerprint density at radius 2 is 2.13 bits per heavy atom. The van der Waals surface area contributed by atoms with E-state index in [0.717, 1.165) is 30.9 Å². The maximum atomic E-state index is 4.32. The summed E-state index contributed by atoms with van der Waals surface area (Å²) < 4.78 is 0. The van der Waals surface area contributed by atoms with Gasteiger partial charge in [-0.2, -0.15) is 0 Å². The molecule has 0 spiro atoms. The molecule has 2 N–H and O–H groups in total. The molecule has 1 aliphatic rings. The van der Waals surface area contributed by atoms with Gasteiger partial charge in [-0.05, 0) is 31.0 Å². The van der Waals surface area contributed by atoms with Gasteiger partial charge < -0.3 is 0 Å². The lowest BCUT2D eigenvalue weighted by Crippen LogP contribution is -2.27. The molecular formula is C11H16ClN3. The van der Waals surface area contributed by atoms with Gasteiger partial charge in [0.1, 0.15) is 5.84 Å². The number of nitrogens with one attached hydrogen (secondary N) is 2. The number of hydrazine groups is 1. The number of amidine groups is 1. The zero-order valence-electron chi connectivity index (χ0n) is 8.79. The summed E-state index contributed by atoms with van der Waals surface area (Å²) in [4.78, 5) is 4.32. The first-order valence-corrected chi connectivity index (χ1v) is 4.96. The second-order valence-electron chi connectivity index (χ2n) is 3.55. The summed E-state index contributed by atoms with van der Waals surface area (Å²) in [5, 5.41) is 0. The zero-order valence-corrected chi connectivity index (χ0v) is 9.60. The van der Waals surface area contributed by atoms with Crippen molar-refractivity contribution in [1.82, 2.24) is 5.43 Å². The van der Waals surface area contributed by atoms with Crippen LogP contribution in [0.3, 0.4) is 0 Å². The predicted octanol–water partition coefficient (Wildman–Crippen LogP) is 2.53. The Bertz CT molecular complexity index is 349. The van der Waals surface area contributed by atoms with Crippen molar-refractivity contribution in [3.05, 3.63) is 29.8 Å². The first-order chi connectivity index (χ1) is 6.84. The van der Waals surface area contributed by atoms with E-state index in [1.165, 1.54) is 5.56 Å². The lowest BCUT2D eigenvalue weighted by Gasteiger charge is -2.09. The minimum Gasteiger partial charge on any atom is -0.300 e. The molecule has 0 atom stereocenters. The smallest absolute Gasteiger partial charge is 0.115 e. The van der Waals surface area contributed by atoms with Crippen molar-refractivity contribution in [3.63, 3.8) is 0 Å². The fourth-order valence-corrected chi connectivity index (χ4v) is 1.51. The van der Waals surface area contributed by atoms with Crippen molar-refractivity contribution >= 4 is 23.9 Å². The molecule has 1 aromatic carbocycles. The number of benzene rings is 1. The van der Waals surface area contributed by atoms with Gasteiger partial charge in [0, 0.05) is 13.0 Å². The molecule has 1 heterocycles. The topological polar surface area (TPSA) is 36.4 Å². The Hall–Kier alpha value is -1.22. The lowest BCUT2D eigenvalue weighted by molar-refractivity contribution is 0.944. The standard InChI is InChI=1S/C11H15N3.ClH/c1-9-4-2-5-10(8-9)13-14-11-6-3-7-12-11;/h2,4-5,8,13H,3,6-7H2,1H3,(H,12,14);1H. The van der Waals surface area contributed by atoms with Crippen LogP contribution in [0.1, 0.15) is 18.4 Å². The van der Waals surface area contributed by atoms with E-state index in [-0.39, 0.29) is 12.4 Å². The summed E-state index contributed by atoms with van der Waals surface area (Å²) in [6.07, 6.45) is 2.22. The van der Waals surface area contributed by atoms with Crippen LogP contribution < -0.4 is 10.9 Å². The second-order valence-corrected chi connectivity index (χ2v) is 3.55. The minimum atomic E-state index is 0. The van der Waals surface area contributed by atoms with Gasteiger partial charge in [0.15, 0.2) is 0 Å². The van der Waals surface area contributed by atoms with Gasteiger partial charge in [-0.25, -0.2) is 0 Å². The van der Waals surface area contributed by atoms with E-state index in [1.807, 2.05) is 12.1 Å². The Morgan fingerprint density at radius 1 is 1.27 bits per heavy atom. The van der Waals surface area contributed by atoms with Crippen molar-refractivity contribution in [2.45, 2.75) is 19.8 Å². The lowest BCUT2D eigenvalue weighted by atomic mass is 10.2. The number of hydrogen-bond acceptors (Lipinski definition) is 3. The Morgan fingerprint density at radius 3 is 2.80 bits per heavy atom. The van der Waals surface area contributed by atoms with Gasteiger partial charge in [-0.15, -0.1) is 12.4 Å². The highest BCUT2D eigenvalue weighted by atomic mass is 35.5. The Kier molecular flexibility index (Phi) is 4.43. The molecule has 0 radical (unpaired) electrons. The molecule has 2 rings (SSSR count). The average Bonchev–Trinajstić information content (AvgIpc) is 2.67. The maximum Gasteiger partial charge on any atom is 0.115 e. The first kappa shape index (κ1) is 11.9. The monoisotopic (exact) mass is 225 g/mol. The normalized spacial score (nSPS) is 14.1. The molecule has 0 aromatic heterocycles. The summed E-state index contributed by atoms with van der Waals surface area (Å²) in [7, 11) is 0. The van der Waals surface area contributed by atoms with Crippen LogP contribution in [0.15, 0.2) is 29.3 Å². The number of aliphatic imine (C=N–C) groups is 1. The first-order valence-electron chi connectivity index (χ1n) is 4.96. The van der Waals surface area contributed by atoms with E-state index in [2.05, 4.69) is 34.9 Å². The summed E-state index contributed by atoms with van der Waals surface area (Å²) >= 11 is 0. The Balaban J connectivity index is 0.00000112. The highest BCUT2D eigenvalue weighted by Crippen LogP contribution is 2.08. The molecule has 15 heavy (non-hydrogen) atoms. The molecule has 0 fully saturated rings. The van der Waals surface area contributed by atoms with E-state index < -0.39 is 0 Å². The van der Waals surface area contributed by atoms with Crippen LogP contribution in [-0.2, 0) is 0 Å². The Labute approximate surface area is 96.4 Å². The van der Waals surface area contributed by atoms with E-state index >= 15 is 0 Å². The highest BCUT2D eigenvalue weighted by molar-refractivity contribution is 5.85. The van der Waals surface area contributed by atoms with Gasteiger partial charge >= 0.3 is 0 Å². The van der Waals surface area contributed by atoms with E-state index in [9.17, 15) is 0 Å². The average molecular weight is 226 g/mol. The largest absolute Gasteiger partial charge is 0.300 e. The number of aryl methyl sites for hydroxylation is 1. The van der Waals surface area contributed by atoms with Gasteiger partial charge in [-0.3, -0.25) is 15.8 Å². The summed E-state index contributed by atoms with van der Waals surface area (Å²) in [5.74, 6) is 1.06. The van der Waals surface area contributed by atoms with Crippen LogP contribution >= 0.6 is 12.4 Å². The van der Waals surface area contributed by atoms with Gasteiger partial charge in [-0.1, -0.05) is 12.1 Å². The molecule has 0 unspecified atom stereocenters. The number of nitrogens with zero attached hydrogens (tertiary/aromatic N) is 1. The van der Waals surface area contributed by atoms with Crippen molar-refractivity contribution in [2.75, 3.05) is 12.0 Å². The predicted molar refractivity (Wildman–Crippen MR) is 66.7 cm³/mol. The number of rotatable bonds is 2. The number of anilines is 1. The third-order valence-corrected chi connectivity index (χ3v) is 2.24. The summed E-state index contributed by atoms with van der Waals surface area (Å²) in [5.41, 5.74) is 8.61. The van der Waals surface area contributed by atoms with Crippen molar-refractivity contribution in [3.8, 4) is 0 Å². The van der Waals surface area contributed by atoms with Crippen molar-refractivity contribution < 1.29 is 0 Å². The zero-order chi connectivity index (χ0) is 9.80. The summed E-state index contributed by atoms with van der Waals surface area (Å²) in [6.45, 7) is 3.04. The fraction of sp³-hybridized carbons (Fsp3) is 0.364. The van der Waals surface area contributed by atoms with Gasteiger partial charge in [0.25, 0.3) is 0 Å².